The maximum Gasteiger partial charge on any atom is 0.0441 e. The van der Waals surface area contributed by atoms with Crippen LogP contribution in [-0.2, 0) is 11.8 Å². The molecule has 0 spiro atoms. The lowest BCUT2D eigenvalue weighted by molar-refractivity contribution is 0.336. The molecule has 0 saturated carbocycles. The molecule has 16 heavy (non-hydrogen) atoms. The van der Waals surface area contributed by atoms with Gasteiger partial charge in [0.05, 0.1) is 0 Å². The zero-order valence-corrected chi connectivity index (χ0v) is 11.2. The van der Waals surface area contributed by atoms with Crippen LogP contribution in [0.2, 0.25) is 0 Å². The van der Waals surface area contributed by atoms with Crippen LogP contribution in [0.1, 0.15) is 63.8 Å². The zero-order valence-electron chi connectivity index (χ0n) is 11.2. The van der Waals surface area contributed by atoms with Gasteiger partial charge in [0.2, 0.25) is 0 Å². The first kappa shape index (κ1) is 11.6. The fourth-order valence-electron chi connectivity index (χ4n) is 2.63. The molecule has 1 unspecified atom stereocenters. The SMILES string of the molecule is CC(C)c1cnc2c(c1)C(C)(C(C)C)CC2. The summed E-state index contributed by atoms with van der Waals surface area (Å²) in [5, 5.41) is 0. The van der Waals surface area contributed by atoms with Crippen molar-refractivity contribution in [2.45, 2.75) is 58.8 Å². The molecule has 1 aliphatic carbocycles. The molecular formula is C15H23N. The summed E-state index contributed by atoms with van der Waals surface area (Å²) in [4.78, 5) is 4.66. The van der Waals surface area contributed by atoms with E-state index in [1.54, 1.807) is 0 Å². The van der Waals surface area contributed by atoms with E-state index in [0.29, 0.717) is 17.3 Å². The number of aryl methyl sites for hydroxylation is 1. The first-order valence-corrected chi connectivity index (χ1v) is 6.44. The largest absolute Gasteiger partial charge is 0.261 e. The highest BCUT2D eigenvalue weighted by Crippen LogP contribution is 2.43. The molecule has 1 aliphatic rings. The highest BCUT2D eigenvalue weighted by Gasteiger charge is 2.37. The molecule has 0 fully saturated rings. The van der Waals surface area contributed by atoms with Gasteiger partial charge in [0, 0.05) is 11.9 Å². The Hall–Kier alpha value is -0.850. The summed E-state index contributed by atoms with van der Waals surface area (Å²) >= 11 is 0. The van der Waals surface area contributed by atoms with Gasteiger partial charge in [-0.05, 0) is 41.2 Å². The van der Waals surface area contributed by atoms with E-state index < -0.39 is 0 Å². The third-order valence-electron chi connectivity index (χ3n) is 4.43. The summed E-state index contributed by atoms with van der Waals surface area (Å²) < 4.78 is 0. The summed E-state index contributed by atoms with van der Waals surface area (Å²) in [6.07, 6.45) is 4.48. The maximum atomic E-state index is 4.66. The Bertz CT molecular complexity index is 392. The number of hydrogen-bond donors (Lipinski definition) is 0. The van der Waals surface area contributed by atoms with Gasteiger partial charge in [-0.2, -0.15) is 0 Å². The molecule has 1 atom stereocenters. The molecule has 2 rings (SSSR count). The van der Waals surface area contributed by atoms with Crippen LogP contribution in [0.5, 0.6) is 0 Å². The summed E-state index contributed by atoms with van der Waals surface area (Å²) in [6.45, 7) is 11.5. The monoisotopic (exact) mass is 217 g/mol. The van der Waals surface area contributed by atoms with Gasteiger partial charge in [-0.3, -0.25) is 4.98 Å². The van der Waals surface area contributed by atoms with E-state index in [1.807, 2.05) is 0 Å². The Labute approximate surface area is 99.3 Å². The van der Waals surface area contributed by atoms with E-state index in [9.17, 15) is 0 Å². The quantitative estimate of drug-likeness (QED) is 0.728. The lowest BCUT2D eigenvalue weighted by atomic mass is 9.74. The van der Waals surface area contributed by atoms with Crippen LogP contribution in [0.3, 0.4) is 0 Å². The molecule has 0 amide bonds. The molecule has 1 heterocycles. The topological polar surface area (TPSA) is 12.9 Å². The van der Waals surface area contributed by atoms with Gasteiger partial charge < -0.3 is 0 Å². The first-order valence-electron chi connectivity index (χ1n) is 6.44. The molecule has 0 N–H and O–H groups in total. The number of pyridine rings is 1. The number of rotatable bonds is 2. The van der Waals surface area contributed by atoms with E-state index in [-0.39, 0.29) is 0 Å². The molecule has 1 heteroatoms. The van der Waals surface area contributed by atoms with Gasteiger partial charge in [-0.15, -0.1) is 0 Å². The molecule has 0 aromatic carbocycles. The maximum absolute atomic E-state index is 4.66. The van der Waals surface area contributed by atoms with Crippen LogP contribution in [0, 0.1) is 5.92 Å². The van der Waals surface area contributed by atoms with E-state index >= 15 is 0 Å². The average Bonchev–Trinajstić information content (AvgIpc) is 2.57. The Morgan fingerprint density at radius 2 is 1.94 bits per heavy atom. The van der Waals surface area contributed by atoms with Crippen LogP contribution in [0.15, 0.2) is 12.3 Å². The van der Waals surface area contributed by atoms with Crippen LogP contribution in [0.4, 0.5) is 0 Å². The van der Waals surface area contributed by atoms with Crippen molar-refractivity contribution in [2.24, 2.45) is 5.92 Å². The summed E-state index contributed by atoms with van der Waals surface area (Å²) in [5.74, 6) is 1.27. The van der Waals surface area contributed by atoms with Gasteiger partial charge in [-0.25, -0.2) is 0 Å². The fraction of sp³-hybridized carbons (Fsp3) is 0.667. The van der Waals surface area contributed by atoms with Gasteiger partial charge in [0.15, 0.2) is 0 Å². The Kier molecular flexibility index (Phi) is 2.81. The second-order valence-electron chi connectivity index (χ2n) is 5.99. The predicted octanol–water partition coefficient (Wildman–Crippen LogP) is 4.06. The minimum atomic E-state index is 0.341. The van der Waals surface area contributed by atoms with E-state index in [1.165, 1.54) is 23.2 Å². The zero-order chi connectivity index (χ0) is 11.9. The molecule has 0 aliphatic heterocycles. The number of nitrogens with zero attached hydrogens (tertiary/aromatic N) is 1. The van der Waals surface area contributed by atoms with Gasteiger partial charge in [-0.1, -0.05) is 40.7 Å². The van der Waals surface area contributed by atoms with E-state index in [2.05, 4.69) is 51.9 Å². The van der Waals surface area contributed by atoms with Crippen LogP contribution < -0.4 is 0 Å². The molecule has 0 saturated heterocycles. The Balaban J connectivity index is 2.48. The average molecular weight is 217 g/mol. The highest BCUT2D eigenvalue weighted by molar-refractivity contribution is 5.38. The minimum Gasteiger partial charge on any atom is -0.261 e. The fourth-order valence-corrected chi connectivity index (χ4v) is 2.63. The van der Waals surface area contributed by atoms with Crippen molar-refractivity contribution in [3.8, 4) is 0 Å². The molecule has 1 aromatic heterocycles. The van der Waals surface area contributed by atoms with E-state index in [0.717, 1.165) is 6.42 Å². The standard InChI is InChI=1S/C15H23N/c1-10(2)12-8-13-14(16-9-12)6-7-15(13,5)11(3)4/h8-11H,6-7H2,1-5H3. The smallest absolute Gasteiger partial charge is 0.0441 e. The summed E-state index contributed by atoms with van der Waals surface area (Å²) in [5.41, 5.74) is 4.56. The molecule has 1 nitrogen and oxygen atoms in total. The third kappa shape index (κ3) is 1.66. The molecular weight excluding hydrogens is 194 g/mol. The first-order chi connectivity index (χ1) is 7.45. The lowest BCUT2D eigenvalue weighted by Gasteiger charge is -2.30. The van der Waals surface area contributed by atoms with Crippen molar-refractivity contribution < 1.29 is 0 Å². The van der Waals surface area contributed by atoms with Crippen LogP contribution in [0.25, 0.3) is 0 Å². The van der Waals surface area contributed by atoms with Gasteiger partial charge in [0.1, 0.15) is 0 Å². The van der Waals surface area contributed by atoms with Crippen molar-refractivity contribution in [3.63, 3.8) is 0 Å². The number of aromatic nitrogens is 1. The predicted molar refractivity (Wildman–Crippen MR) is 68.8 cm³/mol. The summed E-state index contributed by atoms with van der Waals surface area (Å²) in [6, 6.07) is 2.40. The third-order valence-corrected chi connectivity index (χ3v) is 4.43. The van der Waals surface area contributed by atoms with Crippen LogP contribution in [-0.4, -0.2) is 4.98 Å². The van der Waals surface area contributed by atoms with Crippen LogP contribution >= 0.6 is 0 Å². The van der Waals surface area contributed by atoms with Crippen molar-refractivity contribution in [2.75, 3.05) is 0 Å². The lowest BCUT2D eigenvalue weighted by Crippen LogP contribution is -2.25. The molecule has 0 radical (unpaired) electrons. The Morgan fingerprint density at radius 3 is 2.50 bits per heavy atom. The van der Waals surface area contributed by atoms with E-state index in [4.69, 9.17) is 0 Å². The number of hydrogen-bond acceptors (Lipinski definition) is 1. The van der Waals surface area contributed by atoms with Crippen molar-refractivity contribution in [3.05, 3.63) is 29.1 Å². The van der Waals surface area contributed by atoms with Crippen molar-refractivity contribution in [1.29, 1.82) is 0 Å². The van der Waals surface area contributed by atoms with Crippen molar-refractivity contribution >= 4 is 0 Å². The second-order valence-corrected chi connectivity index (χ2v) is 5.99. The molecule has 0 bridgehead atoms. The minimum absolute atomic E-state index is 0.341. The van der Waals surface area contributed by atoms with Gasteiger partial charge in [0.25, 0.3) is 0 Å². The van der Waals surface area contributed by atoms with Gasteiger partial charge >= 0.3 is 0 Å². The van der Waals surface area contributed by atoms with Crippen molar-refractivity contribution in [1.82, 2.24) is 4.98 Å². The molecule has 88 valence electrons. The Morgan fingerprint density at radius 1 is 1.25 bits per heavy atom. The summed E-state index contributed by atoms with van der Waals surface area (Å²) in [7, 11) is 0. The number of fused-ring (bicyclic) bond motifs is 1. The second kappa shape index (κ2) is 3.87. The molecule has 1 aromatic rings. The normalized spacial score (nSPS) is 24.2. The highest BCUT2D eigenvalue weighted by atomic mass is 14.7.